The first-order valence-electron chi connectivity index (χ1n) is 7.31. The molecule has 1 aromatic carbocycles. The maximum Gasteiger partial charge on any atom is 0.188 e. The fourth-order valence-electron chi connectivity index (χ4n) is 2.38. The van der Waals surface area contributed by atoms with Gasteiger partial charge in [-0.3, -0.25) is 4.98 Å². The van der Waals surface area contributed by atoms with Crippen molar-refractivity contribution in [1.29, 1.82) is 0 Å². The number of hydrogen-bond donors (Lipinski definition) is 1. The van der Waals surface area contributed by atoms with Gasteiger partial charge in [0.2, 0.25) is 0 Å². The van der Waals surface area contributed by atoms with Gasteiger partial charge in [0.15, 0.2) is 8.32 Å². The Morgan fingerprint density at radius 1 is 1.19 bits per heavy atom. The van der Waals surface area contributed by atoms with Gasteiger partial charge in [-0.2, -0.15) is 0 Å². The lowest BCUT2D eigenvalue weighted by Gasteiger charge is -2.35. The molecule has 0 fully saturated rings. The molecule has 4 heteroatoms. The number of fused-ring (bicyclic) bond motifs is 1. The lowest BCUT2D eigenvalue weighted by atomic mass is 9.96. The molecule has 0 unspecified atom stereocenters. The van der Waals surface area contributed by atoms with E-state index in [9.17, 15) is 4.80 Å². The molecule has 2 rings (SSSR count). The molecule has 21 heavy (non-hydrogen) atoms. The maximum atomic E-state index is 10.6. The Morgan fingerprint density at radius 3 is 2.43 bits per heavy atom. The van der Waals surface area contributed by atoms with Gasteiger partial charge in [-0.05, 0) is 49.7 Å². The molecule has 0 saturated heterocycles. The van der Waals surface area contributed by atoms with Crippen molar-refractivity contribution in [2.75, 3.05) is 7.11 Å². The van der Waals surface area contributed by atoms with Crippen LogP contribution in [0.1, 0.15) is 25.1 Å². The number of nitrogens with zero attached hydrogens (tertiary/aromatic N) is 1. The van der Waals surface area contributed by atoms with Crippen molar-refractivity contribution in [2.45, 2.75) is 45.3 Å². The molecule has 0 spiro atoms. The zero-order valence-electron chi connectivity index (χ0n) is 13.8. The lowest BCUT2D eigenvalue weighted by Crippen LogP contribution is -2.40. The van der Waals surface area contributed by atoms with E-state index in [1.54, 1.807) is 7.11 Å². The highest BCUT2D eigenvalue weighted by Gasteiger charge is 2.39. The summed E-state index contributed by atoms with van der Waals surface area (Å²) in [7, 11) is -0.582. The summed E-state index contributed by atoms with van der Waals surface area (Å²) in [6.45, 7) is 10.3. The summed E-state index contributed by atoms with van der Waals surface area (Å²) in [4.78, 5) is 15.2. The molecule has 0 aliphatic heterocycles. The molecular weight excluding hydrogens is 278 g/mol. The van der Waals surface area contributed by atoms with Crippen molar-refractivity contribution in [3.05, 3.63) is 35.5 Å². The molecule has 1 heterocycles. The summed E-state index contributed by atoms with van der Waals surface area (Å²) in [6, 6.07) is 8.11. The van der Waals surface area contributed by atoms with Gasteiger partial charge in [-0.25, -0.2) is 0 Å². The third kappa shape index (κ3) is 3.11. The summed E-state index contributed by atoms with van der Waals surface area (Å²) in [5.41, 5.74) is 3.14. The Bertz CT molecular complexity index is 660. The zero-order valence-corrected chi connectivity index (χ0v) is 14.8. The van der Waals surface area contributed by atoms with Crippen LogP contribution in [0.3, 0.4) is 0 Å². The van der Waals surface area contributed by atoms with Crippen molar-refractivity contribution in [3.63, 3.8) is 0 Å². The molecule has 0 radical (unpaired) electrons. The minimum atomic E-state index is -2.28. The lowest BCUT2D eigenvalue weighted by molar-refractivity contribution is 0.404. The quantitative estimate of drug-likeness (QED) is 0.866. The summed E-state index contributed by atoms with van der Waals surface area (Å²) in [5.74, 6) is 0.875. The highest BCUT2D eigenvalue weighted by Crippen LogP contribution is 2.42. The second-order valence-electron chi connectivity index (χ2n) is 6.89. The van der Waals surface area contributed by atoms with Crippen LogP contribution < -0.4 is 4.74 Å². The Balaban J connectivity index is 2.61. The minimum Gasteiger partial charge on any atom is -0.496 e. The van der Waals surface area contributed by atoms with E-state index < -0.39 is 8.32 Å². The zero-order chi connectivity index (χ0) is 15.8. The van der Waals surface area contributed by atoms with Crippen molar-refractivity contribution in [3.8, 4) is 5.75 Å². The van der Waals surface area contributed by atoms with Gasteiger partial charge in [0.25, 0.3) is 0 Å². The van der Waals surface area contributed by atoms with Crippen molar-refractivity contribution < 1.29 is 9.53 Å². The number of hydrogen-bond acceptors (Lipinski definition) is 3. The Morgan fingerprint density at radius 2 is 1.86 bits per heavy atom. The van der Waals surface area contributed by atoms with Gasteiger partial charge >= 0.3 is 0 Å². The van der Waals surface area contributed by atoms with Crippen LogP contribution in [0.2, 0.25) is 18.1 Å². The van der Waals surface area contributed by atoms with E-state index >= 15 is 0 Å². The maximum absolute atomic E-state index is 10.6. The van der Waals surface area contributed by atoms with E-state index in [0.29, 0.717) is 0 Å². The molecule has 0 bridgehead atoms. The molecule has 1 aromatic heterocycles. The Kier molecular flexibility index (Phi) is 4.13. The van der Waals surface area contributed by atoms with Crippen LogP contribution in [0.4, 0.5) is 0 Å². The van der Waals surface area contributed by atoms with Crippen LogP contribution in [-0.2, 0) is 6.42 Å². The highest BCUT2D eigenvalue weighted by atomic mass is 28.4. The first-order chi connectivity index (χ1) is 9.65. The molecule has 3 nitrogen and oxygen atoms in total. The van der Waals surface area contributed by atoms with Gasteiger partial charge in [0.1, 0.15) is 5.75 Å². The molecule has 0 atom stereocenters. The van der Waals surface area contributed by atoms with Crippen LogP contribution in [0.15, 0.2) is 24.3 Å². The van der Waals surface area contributed by atoms with Gasteiger partial charge in [0.05, 0.1) is 12.6 Å². The smallest absolute Gasteiger partial charge is 0.188 e. The van der Waals surface area contributed by atoms with Crippen LogP contribution in [0.5, 0.6) is 5.75 Å². The topological polar surface area (TPSA) is 42.4 Å². The number of benzene rings is 1. The molecule has 2 aromatic rings. The molecule has 0 aliphatic rings. The van der Waals surface area contributed by atoms with Crippen LogP contribution in [-0.4, -0.2) is 25.2 Å². The number of methoxy groups -OCH3 is 1. The second kappa shape index (κ2) is 5.43. The number of ether oxygens (including phenoxy) is 1. The van der Waals surface area contributed by atoms with Crippen molar-refractivity contribution >= 4 is 19.2 Å². The van der Waals surface area contributed by atoms with E-state index in [4.69, 9.17) is 4.74 Å². The number of aryl methyl sites for hydroxylation is 1. The van der Waals surface area contributed by atoms with Gasteiger partial charge in [-0.15, -0.1) is 0 Å². The minimum absolute atomic E-state index is 0.139. The Hall–Kier alpha value is -1.39. The molecule has 0 amide bonds. The van der Waals surface area contributed by atoms with Crippen molar-refractivity contribution in [1.82, 2.24) is 4.98 Å². The molecule has 0 aliphatic carbocycles. The third-order valence-corrected chi connectivity index (χ3v) is 8.06. The molecule has 114 valence electrons. The average Bonchev–Trinajstić information content (AvgIpc) is 2.37. The first kappa shape index (κ1) is 16.0. The second-order valence-corrected chi connectivity index (χ2v) is 11.4. The van der Waals surface area contributed by atoms with Crippen molar-refractivity contribution in [2.24, 2.45) is 0 Å². The Labute approximate surface area is 128 Å². The molecule has 0 saturated carbocycles. The standard InChI is InChI=1S/C17H25NO2Si/c1-12-7-8-13-14(11-17(2,3)21(5,6)19)16(20-4)10-9-15(13)18-12/h7-10,19H,11H2,1-6H3. The highest BCUT2D eigenvalue weighted by molar-refractivity contribution is 6.72. The number of rotatable bonds is 4. The van der Waals surface area contributed by atoms with E-state index in [-0.39, 0.29) is 5.04 Å². The predicted molar refractivity (Wildman–Crippen MR) is 90.5 cm³/mol. The van der Waals surface area contributed by atoms with Crippen LogP contribution in [0.25, 0.3) is 10.9 Å². The first-order valence-corrected chi connectivity index (χ1v) is 10.3. The van der Waals surface area contributed by atoms with E-state index in [0.717, 1.165) is 34.3 Å². The van der Waals surface area contributed by atoms with Gasteiger partial charge < -0.3 is 9.53 Å². The largest absolute Gasteiger partial charge is 0.496 e. The summed E-state index contributed by atoms with van der Waals surface area (Å²) in [6.07, 6.45) is 0.786. The summed E-state index contributed by atoms with van der Waals surface area (Å²) < 4.78 is 5.55. The summed E-state index contributed by atoms with van der Waals surface area (Å²) in [5, 5.41) is 0.977. The molecule has 1 N–H and O–H groups in total. The van der Waals surface area contributed by atoms with E-state index in [2.05, 4.69) is 24.9 Å². The fourth-order valence-corrected chi connectivity index (χ4v) is 2.99. The fraction of sp³-hybridized carbons (Fsp3) is 0.471. The van der Waals surface area contributed by atoms with Gasteiger partial charge in [-0.1, -0.05) is 19.9 Å². The normalized spacial score (nSPS) is 12.7. The average molecular weight is 303 g/mol. The van der Waals surface area contributed by atoms with Crippen LogP contribution in [0, 0.1) is 6.92 Å². The third-order valence-electron chi connectivity index (χ3n) is 4.57. The monoisotopic (exact) mass is 303 g/mol. The van der Waals surface area contributed by atoms with E-state index in [1.807, 2.05) is 38.2 Å². The molecular formula is C17H25NO2Si. The SMILES string of the molecule is COc1ccc2nc(C)ccc2c1CC(C)(C)[Si](C)(C)O. The predicted octanol–water partition coefficient (Wildman–Crippen LogP) is 4.07. The number of aromatic nitrogens is 1. The number of pyridine rings is 1. The van der Waals surface area contributed by atoms with E-state index in [1.165, 1.54) is 0 Å². The van der Waals surface area contributed by atoms with Gasteiger partial charge in [0, 0.05) is 16.6 Å². The van der Waals surface area contributed by atoms with Crippen LogP contribution >= 0.6 is 0 Å². The summed E-state index contributed by atoms with van der Waals surface area (Å²) >= 11 is 0.